The van der Waals surface area contributed by atoms with Gasteiger partial charge in [-0.1, -0.05) is 0 Å². The average molecular weight is 301 g/mol. The van der Waals surface area contributed by atoms with Crippen molar-refractivity contribution in [3.8, 4) is 11.4 Å². The largest absolute Gasteiger partial charge is 0.383 e. The van der Waals surface area contributed by atoms with Crippen molar-refractivity contribution < 1.29 is 4.74 Å². The van der Waals surface area contributed by atoms with Gasteiger partial charge in [-0.3, -0.25) is 15.1 Å². The van der Waals surface area contributed by atoms with Crippen LogP contribution in [0.1, 0.15) is 17.8 Å². The van der Waals surface area contributed by atoms with Crippen LogP contribution in [0.5, 0.6) is 0 Å². The van der Waals surface area contributed by atoms with E-state index >= 15 is 0 Å². The van der Waals surface area contributed by atoms with Crippen molar-refractivity contribution in [3.63, 3.8) is 0 Å². The van der Waals surface area contributed by atoms with Crippen molar-refractivity contribution in [2.75, 3.05) is 33.4 Å². The van der Waals surface area contributed by atoms with Gasteiger partial charge in [-0.25, -0.2) is 0 Å². The van der Waals surface area contributed by atoms with Gasteiger partial charge in [0.05, 0.1) is 18.5 Å². The molecule has 6 nitrogen and oxygen atoms in total. The molecule has 1 aliphatic heterocycles. The lowest BCUT2D eigenvalue weighted by molar-refractivity contribution is 0.159. The number of aromatic nitrogens is 4. The van der Waals surface area contributed by atoms with Crippen LogP contribution in [0.4, 0.5) is 0 Å². The molecule has 3 heterocycles. The van der Waals surface area contributed by atoms with Crippen molar-refractivity contribution in [2.45, 2.75) is 19.8 Å². The number of ether oxygens (including phenoxy) is 1. The Morgan fingerprint density at radius 2 is 2.23 bits per heavy atom. The second-order valence-electron chi connectivity index (χ2n) is 5.98. The van der Waals surface area contributed by atoms with E-state index in [1.807, 2.05) is 25.4 Å². The van der Waals surface area contributed by atoms with Gasteiger partial charge >= 0.3 is 0 Å². The molecule has 0 saturated carbocycles. The Morgan fingerprint density at radius 1 is 1.32 bits per heavy atom. The molecule has 1 atom stereocenters. The minimum atomic E-state index is 0.671. The molecule has 0 aliphatic carbocycles. The van der Waals surface area contributed by atoms with E-state index in [1.165, 1.54) is 6.42 Å². The van der Waals surface area contributed by atoms with Gasteiger partial charge in [-0.15, -0.1) is 0 Å². The summed E-state index contributed by atoms with van der Waals surface area (Å²) in [6.07, 6.45) is 5.93. The third-order valence-corrected chi connectivity index (χ3v) is 4.15. The molecular formula is C16H23N5O. The summed E-state index contributed by atoms with van der Waals surface area (Å²) in [5, 5.41) is 7.14. The Hall–Kier alpha value is -1.79. The van der Waals surface area contributed by atoms with Gasteiger partial charge < -0.3 is 9.64 Å². The molecule has 0 spiro atoms. The van der Waals surface area contributed by atoms with Gasteiger partial charge in [0.1, 0.15) is 11.4 Å². The summed E-state index contributed by atoms with van der Waals surface area (Å²) in [6.45, 7) is 6.10. The first-order chi connectivity index (χ1) is 10.7. The molecule has 1 fully saturated rings. The number of nitrogens with zero attached hydrogens (tertiary/aromatic N) is 4. The molecule has 1 N–H and O–H groups in total. The van der Waals surface area contributed by atoms with Crippen LogP contribution in [0.2, 0.25) is 0 Å². The number of hydrogen-bond acceptors (Lipinski definition) is 5. The maximum Gasteiger partial charge on any atom is 0.112 e. The van der Waals surface area contributed by atoms with Gasteiger partial charge in [-0.05, 0) is 38.3 Å². The second-order valence-corrected chi connectivity index (χ2v) is 5.98. The summed E-state index contributed by atoms with van der Waals surface area (Å²) in [4.78, 5) is 11.5. The number of nitrogens with one attached hydrogen (secondary N) is 1. The van der Waals surface area contributed by atoms with Crippen molar-refractivity contribution in [3.05, 3.63) is 29.8 Å². The molecule has 0 amide bonds. The van der Waals surface area contributed by atoms with Crippen molar-refractivity contribution in [1.29, 1.82) is 0 Å². The van der Waals surface area contributed by atoms with E-state index in [9.17, 15) is 0 Å². The summed E-state index contributed by atoms with van der Waals surface area (Å²) >= 11 is 0. The molecule has 2 aromatic rings. The molecule has 6 heteroatoms. The number of hydrogen-bond donors (Lipinski definition) is 1. The molecule has 1 saturated heterocycles. The zero-order chi connectivity index (χ0) is 15.4. The van der Waals surface area contributed by atoms with Crippen LogP contribution in [0, 0.1) is 12.8 Å². The molecule has 2 aromatic heterocycles. The third-order valence-electron chi connectivity index (χ3n) is 4.15. The van der Waals surface area contributed by atoms with Crippen LogP contribution in [0.25, 0.3) is 11.4 Å². The topological polar surface area (TPSA) is 66.9 Å². The van der Waals surface area contributed by atoms with E-state index in [4.69, 9.17) is 4.74 Å². The lowest BCUT2D eigenvalue weighted by Crippen LogP contribution is -2.25. The third kappa shape index (κ3) is 3.69. The number of aryl methyl sites for hydroxylation is 1. The van der Waals surface area contributed by atoms with Crippen molar-refractivity contribution in [2.24, 2.45) is 5.92 Å². The highest BCUT2D eigenvalue weighted by Gasteiger charge is 2.22. The highest BCUT2D eigenvalue weighted by Crippen LogP contribution is 2.20. The number of aromatic amines is 1. The molecule has 22 heavy (non-hydrogen) atoms. The number of H-pyrrole nitrogens is 1. The quantitative estimate of drug-likeness (QED) is 0.879. The standard InChI is InChI=1S/C16H23N5O/c1-12-7-15(20-19-12)16-10-17-14(9-18-16)8-13-3-4-21(11-13)5-6-22-2/h7,9-10,13H,3-6,8,11H2,1-2H3,(H,19,20). The molecule has 0 aromatic carbocycles. The first-order valence-corrected chi connectivity index (χ1v) is 7.79. The van der Waals surface area contributed by atoms with Gasteiger partial charge in [0, 0.05) is 32.1 Å². The van der Waals surface area contributed by atoms with Crippen molar-refractivity contribution >= 4 is 0 Å². The molecule has 3 rings (SSSR count). The molecule has 118 valence electrons. The molecule has 0 bridgehead atoms. The van der Waals surface area contributed by atoms with Crippen molar-refractivity contribution in [1.82, 2.24) is 25.1 Å². The first kappa shape index (κ1) is 15.1. The summed E-state index contributed by atoms with van der Waals surface area (Å²) in [5.41, 5.74) is 3.77. The monoisotopic (exact) mass is 301 g/mol. The Labute approximate surface area is 130 Å². The Morgan fingerprint density at radius 3 is 2.91 bits per heavy atom. The maximum atomic E-state index is 5.14. The van der Waals surface area contributed by atoms with Crippen LogP contribution in [0.15, 0.2) is 18.5 Å². The summed E-state index contributed by atoms with van der Waals surface area (Å²) < 4.78 is 5.14. The lowest BCUT2D eigenvalue weighted by Gasteiger charge is -2.15. The van der Waals surface area contributed by atoms with Gasteiger partial charge in [-0.2, -0.15) is 5.10 Å². The van der Waals surface area contributed by atoms with Gasteiger partial charge in [0.2, 0.25) is 0 Å². The zero-order valence-corrected chi connectivity index (χ0v) is 13.2. The zero-order valence-electron chi connectivity index (χ0n) is 13.2. The van der Waals surface area contributed by atoms with Crippen LogP contribution in [-0.4, -0.2) is 58.4 Å². The maximum absolute atomic E-state index is 5.14. The summed E-state index contributed by atoms with van der Waals surface area (Å²) in [6, 6.07) is 1.98. The van der Waals surface area contributed by atoms with E-state index < -0.39 is 0 Å². The minimum Gasteiger partial charge on any atom is -0.383 e. The van der Waals surface area contributed by atoms with Crippen LogP contribution in [-0.2, 0) is 11.2 Å². The van der Waals surface area contributed by atoms with E-state index in [1.54, 1.807) is 7.11 Å². The molecular weight excluding hydrogens is 278 g/mol. The number of methoxy groups -OCH3 is 1. The normalized spacial score (nSPS) is 18.9. The summed E-state index contributed by atoms with van der Waals surface area (Å²) in [7, 11) is 1.76. The molecule has 0 radical (unpaired) electrons. The van der Waals surface area contributed by atoms with Crippen LogP contribution < -0.4 is 0 Å². The van der Waals surface area contributed by atoms with Gasteiger partial charge in [0.25, 0.3) is 0 Å². The smallest absolute Gasteiger partial charge is 0.112 e. The highest BCUT2D eigenvalue weighted by atomic mass is 16.5. The summed E-state index contributed by atoms with van der Waals surface area (Å²) in [5.74, 6) is 0.671. The fraction of sp³-hybridized carbons (Fsp3) is 0.562. The van der Waals surface area contributed by atoms with E-state index in [0.717, 1.165) is 55.4 Å². The van der Waals surface area contributed by atoms with E-state index in [0.29, 0.717) is 5.92 Å². The van der Waals surface area contributed by atoms with Crippen LogP contribution in [0.3, 0.4) is 0 Å². The highest BCUT2D eigenvalue weighted by molar-refractivity contribution is 5.52. The predicted molar refractivity (Wildman–Crippen MR) is 84.5 cm³/mol. The molecule has 1 unspecified atom stereocenters. The van der Waals surface area contributed by atoms with Crippen LogP contribution >= 0.6 is 0 Å². The fourth-order valence-electron chi connectivity index (χ4n) is 2.94. The lowest BCUT2D eigenvalue weighted by atomic mass is 10.0. The Kier molecular flexibility index (Phi) is 4.80. The Balaban J connectivity index is 1.55. The minimum absolute atomic E-state index is 0.671. The average Bonchev–Trinajstić information content (AvgIpc) is 3.15. The fourth-order valence-corrected chi connectivity index (χ4v) is 2.94. The van der Waals surface area contributed by atoms with E-state index in [-0.39, 0.29) is 0 Å². The predicted octanol–water partition coefficient (Wildman–Crippen LogP) is 1.69. The number of rotatable bonds is 6. The SMILES string of the molecule is COCCN1CCC(Cc2cnc(-c3cc(C)[nH]n3)cn2)C1. The molecule has 1 aliphatic rings. The van der Waals surface area contributed by atoms with E-state index in [2.05, 4.69) is 25.1 Å². The number of likely N-dealkylation sites (tertiary alicyclic amines) is 1. The second kappa shape index (κ2) is 6.98. The first-order valence-electron chi connectivity index (χ1n) is 7.79. The Bertz CT molecular complexity index is 595. The van der Waals surface area contributed by atoms with Gasteiger partial charge in [0.15, 0.2) is 0 Å².